The fourth-order valence-electron chi connectivity index (χ4n) is 0. The molecular weight excluding hydrogens is 133 g/mol. The molecule has 0 amide bonds. The SMILES string of the molecule is [Na+].[Na+].[Na+].[O-]OO[O-]. The molecule has 0 aliphatic heterocycles. The first kappa shape index (κ1) is 22.5. The van der Waals surface area contributed by atoms with Gasteiger partial charge < -0.3 is 20.6 Å². The molecule has 0 saturated carbocycles. The molecule has 0 rings (SSSR count). The van der Waals surface area contributed by atoms with Crippen LogP contribution in [0.4, 0.5) is 0 Å². The Morgan fingerprint density at radius 1 is 0.714 bits per heavy atom. The summed E-state index contributed by atoms with van der Waals surface area (Å²) < 4.78 is 0. The van der Waals surface area contributed by atoms with E-state index in [4.69, 9.17) is 10.5 Å². The topological polar surface area (TPSA) is 64.6 Å². The third-order valence-electron chi connectivity index (χ3n) is 0.0278. The first-order valence-corrected chi connectivity index (χ1v) is 0.500. The number of rotatable bonds is 1. The molecule has 26 valence electrons. The minimum Gasteiger partial charge on any atom is -0.693 e. The molecule has 0 fully saturated rings. The summed E-state index contributed by atoms with van der Waals surface area (Å²) in [7, 11) is 0. The van der Waals surface area contributed by atoms with Crippen LogP contribution in [0.3, 0.4) is 0 Å². The van der Waals surface area contributed by atoms with Crippen LogP contribution in [-0.2, 0) is 10.1 Å². The van der Waals surface area contributed by atoms with Crippen molar-refractivity contribution in [2.24, 2.45) is 0 Å². The first-order chi connectivity index (χ1) is 1.91. The van der Waals surface area contributed by atoms with Crippen LogP contribution in [0, 0.1) is 0 Å². The second-order valence-electron chi connectivity index (χ2n) is 0.136. The summed E-state index contributed by atoms with van der Waals surface area (Å²) in [6, 6.07) is 0. The molecule has 0 heterocycles. The maximum Gasteiger partial charge on any atom is 1.00 e. The Kier molecular flexibility index (Phi) is 74.7. The van der Waals surface area contributed by atoms with Crippen molar-refractivity contribution in [1.29, 1.82) is 0 Å². The van der Waals surface area contributed by atoms with E-state index >= 15 is 0 Å². The van der Waals surface area contributed by atoms with Crippen LogP contribution < -0.4 is 99.2 Å². The zero-order valence-electron chi connectivity index (χ0n) is 4.63. The van der Waals surface area contributed by atoms with Gasteiger partial charge in [0.25, 0.3) is 0 Å². The van der Waals surface area contributed by atoms with Crippen molar-refractivity contribution in [3.05, 3.63) is 0 Å². The third kappa shape index (κ3) is 28.0. The molecule has 0 aliphatic rings. The molecule has 0 atom stereocenters. The average Bonchev–Trinajstić information content (AvgIpc) is 1.37. The van der Waals surface area contributed by atoms with Crippen molar-refractivity contribution in [3.63, 3.8) is 0 Å². The van der Waals surface area contributed by atoms with Crippen LogP contribution in [0.25, 0.3) is 0 Å². The van der Waals surface area contributed by atoms with Crippen LogP contribution in [0.5, 0.6) is 0 Å². The number of hydrogen-bond donors (Lipinski definition) is 0. The van der Waals surface area contributed by atoms with E-state index < -0.39 is 0 Å². The van der Waals surface area contributed by atoms with Gasteiger partial charge in [0, 0.05) is 0 Å². The quantitative estimate of drug-likeness (QED) is 0.202. The summed E-state index contributed by atoms with van der Waals surface area (Å²) in [5.74, 6) is 0. The Morgan fingerprint density at radius 3 is 0.857 bits per heavy atom. The van der Waals surface area contributed by atoms with E-state index in [9.17, 15) is 0 Å². The van der Waals surface area contributed by atoms with Crippen LogP contribution in [0.1, 0.15) is 0 Å². The van der Waals surface area contributed by atoms with E-state index in [1.807, 2.05) is 0 Å². The van der Waals surface area contributed by atoms with Crippen molar-refractivity contribution in [2.75, 3.05) is 0 Å². The molecule has 0 aromatic heterocycles. The van der Waals surface area contributed by atoms with Gasteiger partial charge in [0.05, 0.1) is 0 Å². The van der Waals surface area contributed by atoms with Gasteiger partial charge >= 0.3 is 88.7 Å². The largest absolute Gasteiger partial charge is 1.00 e. The maximum atomic E-state index is 8.26. The normalized spacial score (nSPS) is 4.29. The molecule has 4 nitrogen and oxygen atoms in total. The van der Waals surface area contributed by atoms with Crippen molar-refractivity contribution < 1.29 is 109 Å². The van der Waals surface area contributed by atoms with Crippen LogP contribution in [-0.4, -0.2) is 0 Å². The van der Waals surface area contributed by atoms with Gasteiger partial charge in [-0.2, -0.15) is 0 Å². The van der Waals surface area contributed by atoms with Crippen molar-refractivity contribution in [3.8, 4) is 0 Å². The van der Waals surface area contributed by atoms with E-state index in [0.29, 0.717) is 0 Å². The molecule has 7 heteroatoms. The van der Waals surface area contributed by atoms with E-state index in [1.165, 1.54) is 0 Å². The summed E-state index contributed by atoms with van der Waals surface area (Å²) in [6.45, 7) is 0. The molecule has 7 heavy (non-hydrogen) atoms. The second-order valence-corrected chi connectivity index (χ2v) is 0.136. The van der Waals surface area contributed by atoms with Crippen LogP contribution in [0.2, 0.25) is 0 Å². The smallest absolute Gasteiger partial charge is 0.693 e. The third-order valence-corrected chi connectivity index (χ3v) is 0.0278. The van der Waals surface area contributed by atoms with E-state index in [-0.39, 0.29) is 88.7 Å². The molecule has 0 bridgehead atoms. The van der Waals surface area contributed by atoms with Gasteiger partial charge in [-0.05, 0) is 0 Å². The summed E-state index contributed by atoms with van der Waals surface area (Å²) in [4.78, 5) is 0. The molecule has 0 aromatic rings. The molecule has 0 radical (unpaired) electrons. The van der Waals surface area contributed by atoms with Gasteiger partial charge in [0.15, 0.2) is 0 Å². The van der Waals surface area contributed by atoms with Gasteiger partial charge in [-0.25, -0.2) is 0 Å². The van der Waals surface area contributed by atoms with E-state index in [1.54, 1.807) is 0 Å². The molecule has 0 aromatic carbocycles. The molecular formula is Na3O4+. The van der Waals surface area contributed by atoms with Gasteiger partial charge in [-0.1, -0.05) is 0 Å². The average molecular weight is 133 g/mol. The monoisotopic (exact) mass is 133 g/mol. The van der Waals surface area contributed by atoms with E-state index in [2.05, 4.69) is 10.1 Å². The van der Waals surface area contributed by atoms with Crippen LogP contribution in [0.15, 0.2) is 0 Å². The Labute approximate surface area is 107 Å². The maximum absolute atomic E-state index is 8.26. The predicted octanol–water partition coefficient (Wildman–Crippen LogP) is -11.5. The molecule has 0 aliphatic carbocycles. The molecule has 0 saturated heterocycles. The minimum atomic E-state index is 0. The van der Waals surface area contributed by atoms with Gasteiger partial charge in [-0.3, -0.25) is 0 Å². The second kappa shape index (κ2) is 23.2. The molecule has 0 spiro atoms. The fraction of sp³-hybridized carbons (Fsp3) is 0. The van der Waals surface area contributed by atoms with Crippen molar-refractivity contribution >= 4 is 0 Å². The summed E-state index contributed by atoms with van der Waals surface area (Å²) >= 11 is 0. The summed E-state index contributed by atoms with van der Waals surface area (Å²) in [5.41, 5.74) is 0. The van der Waals surface area contributed by atoms with E-state index in [0.717, 1.165) is 0 Å². The summed E-state index contributed by atoms with van der Waals surface area (Å²) in [5, 5.41) is 21.0. The molecule has 0 unspecified atom stereocenters. The minimum absolute atomic E-state index is 0. The first-order valence-electron chi connectivity index (χ1n) is 0.500. The van der Waals surface area contributed by atoms with Gasteiger partial charge in [-0.15, -0.1) is 0 Å². The standard InChI is InChI=1S/3Na.H2O4/c;;;1-3-4-2/h;;;1-2H/q3*+1;/p-2. The summed E-state index contributed by atoms with van der Waals surface area (Å²) in [6.07, 6.45) is 0. The predicted molar refractivity (Wildman–Crippen MR) is 2.17 cm³/mol. The Morgan fingerprint density at radius 2 is 0.857 bits per heavy atom. The van der Waals surface area contributed by atoms with Crippen molar-refractivity contribution in [2.45, 2.75) is 0 Å². The van der Waals surface area contributed by atoms with Gasteiger partial charge in [0.2, 0.25) is 0 Å². The molecule has 0 N–H and O–H groups in total. The zero-order chi connectivity index (χ0) is 3.41. The zero-order valence-corrected chi connectivity index (χ0v) is 10.6. The fourth-order valence-corrected chi connectivity index (χ4v) is 0. The Hall–Kier alpha value is 2.84. The van der Waals surface area contributed by atoms with Crippen molar-refractivity contribution in [1.82, 2.24) is 0 Å². The van der Waals surface area contributed by atoms with Crippen LogP contribution >= 0.6 is 0 Å². The Bertz CT molecular complexity index is 8.90. The number of hydrogen-bond acceptors (Lipinski definition) is 4. The Balaban J connectivity index is -0.0000000150. The van der Waals surface area contributed by atoms with Gasteiger partial charge in [0.1, 0.15) is 0 Å².